The topological polar surface area (TPSA) is 33.0 Å². The van der Waals surface area contributed by atoms with Gasteiger partial charge in [-0.25, -0.2) is 0 Å². The van der Waals surface area contributed by atoms with Crippen molar-refractivity contribution in [3.8, 4) is 11.8 Å². The number of halogens is 2. The summed E-state index contributed by atoms with van der Waals surface area (Å²) in [7, 11) is 0. The lowest BCUT2D eigenvalue weighted by Gasteiger charge is -2.09. The zero-order valence-corrected chi connectivity index (χ0v) is 9.14. The van der Waals surface area contributed by atoms with E-state index in [4.69, 9.17) is 33.2 Å². The first-order chi connectivity index (χ1) is 6.65. The van der Waals surface area contributed by atoms with E-state index < -0.39 is 0 Å². The molecule has 1 aromatic carbocycles. The van der Waals surface area contributed by atoms with Crippen LogP contribution in [0, 0.1) is 17.2 Å². The summed E-state index contributed by atoms with van der Waals surface area (Å²) in [4.78, 5) is 0. The average molecular weight is 230 g/mol. The standard InChI is InChI=1S/C10H9Cl2NO/c1-7(5-13)6-14-9-4-2-3-8(11)10(9)12/h2-4,7H,6H2,1H3. The Balaban J connectivity index is 2.69. The molecule has 0 radical (unpaired) electrons. The molecule has 0 heterocycles. The predicted molar refractivity (Wildman–Crippen MR) is 56.7 cm³/mol. The first-order valence-corrected chi connectivity index (χ1v) is 4.87. The lowest BCUT2D eigenvalue weighted by atomic mass is 10.2. The van der Waals surface area contributed by atoms with E-state index in [9.17, 15) is 0 Å². The molecular weight excluding hydrogens is 221 g/mol. The molecule has 0 spiro atoms. The van der Waals surface area contributed by atoms with Gasteiger partial charge in [0.25, 0.3) is 0 Å². The fourth-order valence-corrected chi connectivity index (χ4v) is 1.19. The number of nitrogens with zero attached hydrogens (tertiary/aromatic N) is 1. The normalized spacial score (nSPS) is 11.9. The SMILES string of the molecule is CC(C#N)COc1cccc(Cl)c1Cl. The van der Waals surface area contributed by atoms with Crippen LogP contribution in [0.2, 0.25) is 10.0 Å². The minimum atomic E-state index is -0.162. The van der Waals surface area contributed by atoms with E-state index in [-0.39, 0.29) is 5.92 Å². The van der Waals surface area contributed by atoms with E-state index >= 15 is 0 Å². The highest BCUT2D eigenvalue weighted by atomic mass is 35.5. The minimum absolute atomic E-state index is 0.162. The molecule has 0 bridgehead atoms. The van der Waals surface area contributed by atoms with Crippen molar-refractivity contribution in [3.05, 3.63) is 28.2 Å². The van der Waals surface area contributed by atoms with E-state index in [0.717, 1.165) is 0 Å². The van der Waals surface area contributed by atoms with Crippen molar-refractivity contribution >= 4 is 23.2 Å². The Morgan fingerprint density at radius 3 is 2.86 bits per heavy atom. The van der Waals surface area contributed by atoms with Gasteiger partial charge in [-0.3, -0.25) is 0 Å². The monoisotopic (exact) mass is 229 g/mol. The lowest BCUT2D eigenvalue weighted by Crippen LogP contribution is -2.06. The Bertz CT molecular complexity index is 360. The Morgan fingerprint density at radius 2 is 2.21 bits per heavy atom. The van der Waals surface area contributed by atoms with Crippen molar-refractivity contribution in [2.75, 3.05) is 6.61 Å². The van der Waals surface area contributed by atoms with Gasteiger partial charge in [-0.05, 0) is 19.1 Å². The maximum Gasteiger partial charge on any atom is 0.139 e. The minimum Gasteiger partial charge on any atom is -0.491 e. The molecule has 1 atom stereocenters. The molecule has 74 valence electrons. The molecule has 0 aliphatic heterocycles. The van der Waals surface area contributed by atoms with E-state index in [2.05, 4.69) is 6.07 Å². The molecule has 0 saturated heterocycles. The predicted octanol–water partition coefficient (Wildman–Crippen LogP) is 3.53. The van der Waals surface area contributed by atoms with Crippen LogP contribution >= 0.6 is 23.2 Å². The second-order valence-electron chi connectivity index (χ2n) is 2.89. The molecule has 1 rings (SSSR count). The highest BCUT2D eigenvalue weighted by molar-refractivity contribution is 6.42. The van der Waals surface area contributed by atoms with Gasteiger partial charge in [0, 0.05) is 0 Å². The summed E-state index contributed by atoms with van der Waals surface area (Å²) in [5.41, 5.74) is 0. The van der Waals surface area contributed by atoms with Crippen molar-refractivity contribution < 1.29 is 4.74 Å². The van der Waals surface area contributed by atoms with Gasteiger partial charge in [0.15, 0.2) is 0 Å². The van der Waals surface area contributed by atoms with Crippen molar-refractivity contribution in [2.45, 2.75) is 6.92 Å². The largest absolute Gasteiger partial charge is 0.491 e. The third-order valence-corrected chi connectivity index (χ3v) is 2.43. The molecule has 0 amide bonds. The molecule has 14 heavy (non-hydrogen) atoms. The van der Waals surface area contributed by atoms with Gasteiger partial charge >= 0.3 is 0 Å². The second-order valence-corrected chi connectivity index (χ2v) is 3.68. The first-order valence-electron chi connectivity index (χ1n) is 4.11. The van der Waals surface area contributed by atoms with Crippen LogP contribution in [0.4, 0.5) is 0 Å². The summed E-state index contributed by atoms with van der Waals surface area (Å²) in [6.07, 6.45) is 0. The number of nitriles is 1. The maximum absolute atomic E-state index is 8.55. The van der Waals surface area contributed by atoms with Gasteiger partial charge < -0.3 is 4.74 Å². The molecule has 1 unspecified atom stereocenters. The van der Waals surface area contributed by atoms with Gasteiger partial charge in [0.1, 0.15) is 17.4 Å². The molecule has 0 fully saturated rings. The number of rotatable bonds is 3. The van der Waals surface area contributed by atoms with Crippen LogP contribution < -0.4 is 4.74 Å². The van der Waals surface area contributed by atoms with Crippen molar-refractivity contribution in [3.63, 3.8) is 0 Å². The Hall–Kier alpha value is -0.910. The van der Waals surface area contributed by atoms with Crippen LogP contribution in [0.1, 0.15) is 6.92 Å². The number of ether oxygens (including phenoxy) is 1. The lowest BCUT2D eigenvalue weighted by molar-refractivity contribution is 0.288. The quantitative estimate of drug-likeness (QED) is 0.795. The Kier molecular flexibility index (Phi) is 4.06. The van der Waals surface area contributed by atoms with Crippen LogP contribution in [0.25, 0.3) is 0 Å². The van der Waals surface area contributed by atoms with Crippen LogP contribution in [0.3, 0.4) is 0 Å². The van der Waals surface area contributed by atoms with Crippen molar-refractivity contribution in [2.24, 2.45) is 5.92 Å². The van der Waals surface area contributed by atoms with E-state index in [0.29, 0.717) is 22.4 Å². The van der Waals surface area contributed by atoms with E-state index in [1.165, 1.54) is 0 Å². The molecule has 4 heteroatoms. The van der Waals surface area contributed by atoms with Crippen LogP contribution in [-0.2, 0) is 0 Å². The van der Waals surface area contributed by atoms with Crippen molar-refractivity contribution in [1.29, 1.82) is 5.26 Å². The average Bonchev–Trinajstić information content (AvgIpc) is 2.20. The summed E-state index contributed by atoms with van der Waals surface area (Å²) >= 11 is 11.7. The van der Waals surface area contributed by atoms with Gasteiger partial charge in [0.2, 0.25) is 0 Å². The first kappa shape index (κ1) is 11.2. The van der Waals surface area contributed by atoms with Crippen LogP contribution in [-0.4, -0.2) is 6.61 Å². The molecule has 0 aliphatic carbocycles. The summed E-state index contributed by atoms with van der Waals surface area (Å²) in [5.74, 6) is 0.353. The Labute approximate surface area is 93.0 Å². The summed E-state index contributed by atoms with van der Waals surface area (Å²) in [6, 6.07) is 7.22. The summed E-state index contributed by atoms with van der Waals surface area (Å²) < 4.78 is 5.33. The molecule has 1 aromatic rings. The number of hydrogen-bond donors (Lipinski definition) is 0. The van der Waals surface area contributed by atoms with Gasteiger partial charge in [-0.1, -0.05) is 29.3 Å². The van der Waals surface area contributed by atoms with Crippen LogP contribution in [0.15, 0.2) is 18.2 Å². The summed E-state index contributed by atoms with van der Waals surface area (Å²) in [6.45, 7) is 2.09. The highest BCUT2D eigenvalue weighted by Crippen LogP contribution is 2.31. The van der Waals surface area contributed by atoms with Gasteiger partial charge in [-0.2, -0.15) is 5.26 Å². The van der Waals surface area contributed by atoms with Crippen molar-refractivity contribution in [1.82, 2.24) is 0 Å². The summed E-state index contributed by atoms with van der Waals surface area (Å²) in [5, 5.41) is 9.39. The van der Waals surface area contributed by atoms with Crippen LogP contribution in [0.5, 0.6) is 5.75 Å². The molecule has 0 aromatic heterocycles. The molecule has 0 aliphatic rings. The molecule has 2 nitrogen and oxygen atoms in total. The second kappa shape index (κ2) is 5.09. The third kappa shape index (κ3) is 2.80. The fourth-order valence-electron chi connectivity index (χ4n) is 0.848. The fraction of sp³-hybridized carbons (Fsp3) is 0.300. The molecular formula is C10H9Cl2NO. The molecule has 0 saturated carbocycles. The molecule has 0 N–H and O–H groups in total. The zero-order valence-electron chi connectivity index (χ0n) is 7.63. The highest BCUT2D eigenvalue weighted by Gasteiger charge is 2.07. The number of benzene rings is 1. The zero-order chi connectivity index (χ0) is 10.6. The smallest absolute Gasteiger partial charge is 0.139 e. The Morgan fingerprint density at radius 1 is 1.50 bits per heavy atom. The van der Waals surface area contributed by atoms with E-state index in [1.54, 1.807) is 25.1 Å². The third-order valence-electron chi connectivity index (χ3n) is 1.63. The van der Waals surface area contributed by atoms with Gasteiger partial charge in [0.05, 0.1) is 17.0 Å². The van der Waals surface area contributed by atoms with Gasteiger partial charge in [-0.15, -0.1) is 0 Å². The van der Waals surface area contributed by atoms with E-state index in [1.807, 2.05) is 0 Å². The number of hydrogen-bond acceptors (Lipinski definition) is 2. The maximum atomic E-state index is 8.55.